The molecule has 2 aliphatic heterocycles. The first-order valence-corrected chi connectivity index (χ1v) is 10.9. The number of amides is 1. The third kappa shape index (κ3) is 3.12. The molecule has 3 heterocycles. The summed E-state index contributed by atoms with van der Waals surface area (Å²) in [6.45, 7) is 3.34. The fourth-order valence-corrected chi connectivity index (χ4v) is 5.46. The Morgan fingerprint density at radius 1 is 1.26 bits per heavy atom. The lowest BCUT2D eigenvalue weighted by Crippen LogP contribution is -2.30. The second kappa shape index (κ2) is 6.67. The number of nitrogens with zero attached hydrogens (tertiary/aromatic N) is 4. The fourth-order valence-electron chi connectivity index (χ4n) is 3.90. The molecule has 4 rings (SSSR count). The maximum atomic E-state index is 13.0. The van der Waals surface area contributed by atoms with Gasteiger partial charge in [-0.25, -0.2) is 8.42 Å². The van der Waals surface area contributed by atoms with Gasteiger partial charge in [0.2, 0.25) is 10.0 Å². The van der Waals surface area contributed by atoms with Gasteiger partial charge in [0.15, 0.2) is 0 Å². The molecule has 7 nitrogen and oxygen atoms in total. The van der Waals surface area contributed by atoms with E-state index in [1.165, 1.54) is 4.31 Å². The zero-order valence-electron chi connectivity index (χ0n) is 15.6. The second-order valence-electron chi connectivity index (χ2n) is 7.26. The zero-order chi connectivity index (χ0) is 19.2. The molecule has 1 aromatic heterocycles. The van der Waals surface area contributed by atoms with Crippen molar-refractivity contribution < 1.29 is 13.2 Å². The predicted molar refractivity (Wildman–Crippen MR) is 103 cm³/mol. The van der Waals surface area contributed by atoms with E-state index in [1.807, 2.05) is 35.9 Å². The van der Waals surface area contributed by atoms with Crippen LogP contribution in [0.4, 0.5) is 5.69 Å². The molecular weight excluding hydrogens is 364 g/mol. The molecule has 1 amide bonds. The number of aromatic nitrogens is 2. The molecule has 0 aliphatic carbocycles. The van der Waals surface area contributed by atoms with Gasteiger partial charge in [-0.1, -0.05) is 12.1 Å². The second-order valence-corrected chi connectivity index (χ2v) is 9.27. The first-order chi connectivity index (χ1) is 12.9. The van der Waals surface area contributed by atoms with Crippen LogP contribution >= 0.6 is 0 Å². The first kappa shape index (κ1) is 18.0. The Balaban J connectivity index is 1.58. The molecule has 1 unspecified atom stereocenters. The average Bonchev–Trinajstić information content (AvgIpc) is 3.35. The highest BCUT2D eigenvalue weighted by Crippen LogP contribution is 2.29. The molecular formula is C19H24N4O3S. The number of benzene rings is 1. The standard InChI is InChI=1S/C19H24N4O3S/c1-14(21(2)19(24)17-13-20-22-9-4-8-18(17)22)15-6-3-7-16(12-15)23-10-5-11-27(23,25)26/h3,6-7,12-14H,4-5,8-11H2,1-2H3. The summed E-state index contributed by atoms with van der Waals surface area (Å²) in [4.78, 5) is 14.7. The Morgan fingerprint density at radius 2 is 2.07 bits per heavy atom. The Labute approximate surface area is 159 Å². The number of hydrogen-bond donors (Lipinski definition) is 0. The smallest absolute Gasteiger partial charge is 0.257 e. The molecule has 2 aliphatic rings. The van der Waals surface area contributed by atoms with E-state index in [9.17, 15) is 13.2 Å². The average molecular weight is 388 g/mol. The highest BCUT2D eigenvalue weighted by molar-refractivity contribution is 7.93. The number of anilines is 1. The topological polar surface area (TPSA) is 75.5 Å². The van der Waals surface area contributed by atoms with E-state index in [2.05, 4.69) is 5.10 Å². The molecule has 0 bridgehead atoms. The highest BCUT2D eigenvalue weighted by Gasteiger charge is 2.30. The molecule has 144 valence electrons. The van der Waals surface area contributed by atoms with Crippen molar-refractivity contribution in [3.05, 3.63) is 47.3 Å². The number of carbonyl (C=O) groups is 1. The van der Waals surface area contributed by atoms with Crippen LogP contribution in [-0.2, 0) is 23.0 Å². The number of aryl methyl sites for hydroxylation is 1. The Kier molecular flexibility index (Phi) is 4.46. The van der Waals surface area contributed by atoms with Crippen molar-refractivity contribution in [2.24, 2.45) is 0 Å². The highest BCUT2D eigenvalue weighted by atomic mass is 32.2. The van der Waals surface area contributed by atoms with Crippen LogP contribution in [-0.4, -0.2) is 48.4 Å². The number of carbonyl (C=O) groups excluding carboxylic acids is 1. The van der Waals surface area contributed by atoms with Gasteiger partial charge in [-0.15, -0.1) is 0 Å². The van der Waals surface area contributed by atoms with Crippen LogP contribution in [0.2, 0.25) is 0 Å². The monoisotopic (exact) mass is 388 g/mol. The number of rotatable bonds is 4. The fraction of sp³-hybridized carbons (Fsp3) is 0.474. The minimum absolute atomic E-state index is 0.0511. The van der Waals surface area contributed by atoms with Crippen LogP contribution in [0.3, 0.4) is 0 Å². The maximum Gasteiger partial charge on any atom is 0.257 e. The van der Waals surface area contributed by atoms with Crippen molar-refractivity contribution in [2.45, 2.75) is 38.8 Å². The first-order valence-electron chi connectivity index (χ1n) is 9.31. The van der Waals surface area contributed by atoms with E-state index in [-0.39, 0.29) is 17.7 Å². The van der Waals surface area contributed by atoms with E-state index in [0.29, 0.717) is 24.2 Å². The SMILES string of the molecule is CC(c1cccc(N2CCCS2(=O)=O)c1)N(C)C(=O)c1cnn2c1CCC2. The quantitative estimate of drug-likeness (QED) is 0.805. The molecule has 0 spiro atoms. The van der Waals surface area contributed by atoms with Crippen LogP contribution in [0.25, 0.3) is 0 Å². The molecule has 1 fully saturated rings. The summed E-state index contributed by atoms with van der Waals surface area (Å²) in [7, 11) is -1.44. The minimum atomic E-state index is -3.22. The van der Waals surface area contributed by atoms with Gasteiger partial charge in [-0.3, -0.25) is 13.8 Å². The van der Waals surface area contributed by atoms with Crippen molar-refractivity contribution in [1.29, 1.82) is 0 Å². The van der Waals surface area contributed by atoms with Crippen LogP contribution in [0.15, 0.2) is 30.5 Å². The molecule has 8 heteroatoms. The van der Waals surface area contributed by atoms with Crippen LogP contribution in [0, 0.1) is 0 Å². The van der Waals surface area contributed by atoms with Gasteiger partial charge < -0.3 is 4.90 Å². The van der Waals surface area contributed by atoms with Crippen molar-refractivity contribution >= 4 is 21.6 Å². The zero-order valence-corrected chi connectivity index (χ0v) is 16.4. The van der Waals surface area contributed by atoms with Gasteiger partial charge in [0.1, 0.15) is 0 Å². The summed E-state index contributed by atoms with van der Waals surface area (Å²) in [5.74, 6) is 0.141. The largest absolute Gasteiger partial charge is 0.335 e. The summed E-state index contributed by atoms with van der Waals surface area (Å²) in [5.41, 5.74) is 3.26. The van der Waals surface area contributed by atoms with E-state index in [1.54, 1.807) is 18.1 Å². The van der Waals surface area contributed by atoms with Gasteiger partial charge in [-0.05, 0) is 43.9 Å². The van der Waals surface area contributed by atoms with Crippen molar-refractivity contribution in [2.75, 3.05) is 23.7 Å². The van der Waals surface area contributed by atoms with Gasteiger partial charge in [0.05, 0.1) is 34.9 Å². The van der Waals surface area contributed by atoms with Crippen LogP contribution < -0.4 is 4.31 Å². The van der Waals surface area contributed by atoms with E-state index < -0.39 is 10.0 Å². The minimum Gasteiger partial charge on any atom is -0.335 e. The number of sulfonamides is 1. The summed E-state index contributed by atoms with van der Waals surface area (Å²) < 4.78 is 27.8. The normalized spacial score (nSPS) is 19.1. The lowest BCUT2D eigenvalue weighted by molar-refractivity contribution is 0.0741. The van der Waals surface area contributed by atoms with Gasteiger partial charge in [0.25, 0.3) is 5.91 Å². The summed E-state index contributed by atoms with van der Waals surface area (Å²) in [6.07, 6.45) is 4.21. The van der Waals surface area contributed by atoms with Gasteiger partial charge >= 0.3 is 0 Å². The summed E-state index contributed by atoms with van der Waals surface area (Å²) in [5, 5.41) is 4.31. The molecule has 1 aromatic carbocycles. The van der Waals surface area contributed by atoms with Gasteiger partial charge in [-0.2, -0.15) is 5.10 Å². The summed E-state index contributed by atoms with van der Waals surface area (Å²) >= 11 is 0. The Hall–Kier alpha value is -2.35. The maximum absolute atomic E-state index is 13.0. The molecule has 0 radical (unpaired) electrons. The van der Waals surface area contributed by atoms with E-state index >= 15 is 0 Å². The van der Waals surface area contributed by atoms with Crippen molar-refractivity contribution in [3.8, 4) is 0 Å². The summed E-state index contributed by atoms with van der Waals surface area (Å²) in [6, 6.07) is 7.29. The third-order valence-electron chi connectivity index (χ3n) is 5.60. The van der Waals surface area contributed by atoms with Crippen LogP contribution in [0.1, 0.15) is 47.4 Å². The Morgan fingerprint density at radius 3 is 2.81 bits per heavy atom. The third-order valence-corrected chi connectivity index (χ3v) is 7.47. The van der Waals surface area contributed by atoms with Crippen molar-refractivity contribution in [1.82, 2.24) is 14.7 Å². The van der Waals surface area contributed by atoms with Crippen molar-refractivity contribution in [3.63, 3.8) is 0 Å². The number of fused-ring (bicyclic) bond motifs is 1. The molecule has 27 heavy (non-hydrogen) atoms. The molecule has 2 aromatic rings. The predicted octanol–water partition coefficient (Wildman–Crippen LogP) is 2.20. The lowest BCUT2D eigenvalue weighted by atomic mass is 10.0. The van der Waals surface area contributed by atoms with E-state index in [4.69, 9.17) is 0 Å². The molecule has 1 saturated heterocycles. The Bertz CT molecular complexity index is 983. The molecule has 0 saturated carbocycles. The van der Waals surface area contributed by atoms with Crippen LogP contribution in [0.5, 0.6) is 0 Å². The molecule has 0 N–H and O–H groups in total. The lowest BCUT2D eigenvalue weighted by Gasteiger charge is -2.26. The van der Waals surface area contributed by atoms with E-state index in [0.717, 1.165) is 30.6 Å². The number of hydrogen-bond acceptors (Lipinski definition) is 4. The molecule has 1 atom stereocenters. The van der Waals surface area contributed by atoms with Gasteiger partial charge in [0, 0.05) is 20.1 Å².